The van der Waals surface area contributed by atoms with Crippen LogP contribution in [-0.4, -0.2) is 10.5 Å². The summed E-state index contributed by atoms with van der Waals surface area (Å²) in [5, 5.41) is 3.14. The lowest BCUT2D eigenvalue weighted by Crippen LogP contribution is -2.30. The predicted octanol–water partition coefficient (Wildman–Crippen LogP) is 5.63. The van der Waals surface area contributed by atoms with Gasteiger partial charge in [0.2, 0.25) is 0 Å². The summed E-state index contributed by atoms with van der Waals surface area (Å²) in [5.74, 6) is -0.296. The molecule has 1 aromatic heterocycles. The van der Waals surface area contributed by atoms with E-state index in [1.807, 2.05) is 18.5 Å². The van der Waals surface area contributed by atoms with Crippen LogP contribution in [0, 0.1) is 13.8 Å². The van der Waals surface area contributed by atoms with E-state index in [0.717, 1.165) is 47.5 Å². The number of benzene rings is 1. The molecule has 2 rings (SSSR count). The topological polar surface area (TPSA) is 51.1 Å². The van der Waals surface area contributed by atoms with Crippen molar-refractivity contribution in [1.29, 1.82) is 0 Å². The van der Waals surface area contributed by atoms with Gasteiger partial charge in [0.15, 0.2) is 5.43 Å². The molecule has 1 heterocycles. The molecule has 1 aromatic carbocycles. The number of aryl methyl sites for hydroxylation is 2. The standard InChI is InChI=1S/C26H38N2O2/c1-10-13-21-22(24(29)16(4)17(5)28(21)9)25(30)27-23-18(11-2)14-20(26(6,7)8)15-19(23)12-3/h14-15H,10-13H2,1-9H3,(H,27,30). The van der Waals surface area contributed by atoms with E-state index in [1.54, 1.807) is 6.92 Å². The van der Waals surface area contributed by atoms with E-state index < -0.39 is 0 Å². The second kappa shape index (κ2) is 9.20. The van der Waals surface area contributed by atoms with Gasteiger partial charge in [-0.2, -0.15) is 0 Å². The second-order valence-electron chi connectivity index (χ2n) is 9.25. The average molecular weight is 411 g/mol. The van der Waals surface area contributed by atoms with Gasteiger partial charge in [0, 0.05) is 29.7 Å². The summed E-state index contributed by atoms with van der Waals surface area (Å²) >= 11 is 0. The van der Waals surface area contributed by atoms with Crippen molar-refractivity contribution in [2.45, 2.75) is 86.5 Å². The van der Waals surface area contributed by atoms with Crippen LogP contribution in [0.15, 0.2) is 16.9 Å². The van der Waals surface area contributed by atoms with Crippen LogP contribution in [0.4, 0.5) is 5.69 Å². The van der Waals surface area contributed by atoms with Gasteiger partial charge in [0.25, 0.3) is 5.91 Å². The van der Waals surface area contributed by atoms with Crippen molar-refractivity contribution in [2.75, 3.05) is 5.32 Å². The highest BCUT2D eigenvalue weighted by Crippen LogP contribution is 2.31. The Kier molecular flexibility index (Phi) is 7.33. The molecule has 0 radical (unpaired) electrons. The molecule has 4 heteroatoms. The molecule has 0 atom stereocenters. The number of rotatable bonds is 6. The number of hydrogen-bond acceptors (Lipinski definition) is 2. The molecule has 4 nitrogen and oxygen atoms in total. The third-order valence-corrected chi connectivity index (χ3v) is 6.19. The van der Waals surface area contributed by atoms with Crippen molar-refractivity contribution in [1.82, 2.24) is 4.57 Å². The average Bonchev–Trinajstić information content (AvgIpc) is 2.69. The smallest absolute Gasteiger partial charge is 0.261 e. The van der Waals surface area contributed by atoms with Gasteiger partial charge in [-0.25, -0.2) is 0 Å². The Morgan fingerprint density at radius 1 is 1.03 bits per heavy atom. The lowest BCUT2D eigenvalue weighted by Gasteiger charge is -2.24. The zero-order valence-corrected chi connectivity index (χ0v) is 20.2. The summed E-state index contributed by atoms with van der Waals surface area (Å²) in [7, 11) is 1.94. The number of nitrogens with one attached hydrogen (secondary N) is 1. The monoisotopic (exact) mass is 410 g/mol. The van der Waals surface area contributed by atoms with Crippen molar-refractivity contribution in [3.05, 3.63) is 61.6 Å². The molecule has 0 unspecified atom stereocenters. The van der Waals surface area contributed by atoms with E-state index in [4.69, 9.17) is 0 Å². The number of carbonyl (C=O) groups is 1. The Balaban J connectivity index is 2.65. The molecule has 1 N–H and O–H groups in total. The van der Waals surface area contributed by atoms with Crippen LogP contribution in [0.2, 0.25) is 0 Å². The summed E-state index contributed by atoms with van der Waals surface area (Å²) in [5.41, 5.74) is 6.88. The van der Waals surface area contributed by atoms with Crippen molar-refractivity contribution >= 4 is 11.6 Å². The predicted molar refractivity (Wildman–Crippen MR) is 127 cm³/mol. The van der Waals surface area contributed by atoms with Crippen LogP contribution in [0.3, 0.4) is 0 Å². The van der Waals surface area contributed by atoms with Crippen molar-refractivity contribution in [2.24, 2.45) is 7.05 Å². The van der Waals surface area contributed by atoms with E-state index in [-0.39, 0.29) is 22.3 Å². The molecule has 0 aliphatic heterocycles. The van der Waals surface area contributed by atoms with Crippen molar-refractivity contribution in [3.8, 4) is 0 Å². The van der Waals surface area contributed by atoms with Gasteiger partial charge in [-0.3, -0.25) is 9.59 Å². The molecule has 0 saturated carbocycles. The molecule has 0 bridgehead atoms. The van der Waals surface area contributed by atoms with E-state index >= 15 is 0 Å². The van der Waals surface area contributed by atoms with Gasteiger partial charge in [-0.15, -0.1) is 0 Å². The molecule has 0 aliphatic carbocycles. The zero-order chi connectivity index (χ0) is 22.8. The summed E-state index contributed by atoms with van der Waals surface area (Å²) in [4.78, 5) is 26.5. The Morgan fingerprint density at radius 2 is 1.57 bits per heavy atom. The van der Waals surface area contributed by atoms with Crippen LogP contribution in [0.5, 0.6) is 0 Å². The maximum atomic E-state index is 13.4. The normalized spacial score (nSPS) is 11.6. The minimum absolute atomic E-state index is 0.0364. The van der Waals surface area contributed by atoms with Crippen LogP contribution in [0.1, 0.15) is 92.0 Å². The Labute approximate surface area is 181 Å². The first kappa shape index (κ1) is 23.9. The summed E-state index contributed by atoms with van der Waals surface area (Å²) in [6, 6.07) is 4.39. The van der Waals surface area contributed by atoms with E-state index in [1.165, 1.54) is 5.56 Å². The molecule has 0 spiro atoms. The van der Waals surface area contributed by atoms with Gasteiger partial charge < -0.3 is 9.88 Å². The van der Waals surface area contributed by atoms with E-state index in [0.29, 0.717) is 12.0 Å². The number of hydrogen-bond donors (Lipinski definition) is 1. The van der Waals surface area contributed by atoms with Gasteiger partial charge in [0.1, 0.15) is 5.56 Å². The maximum absolute atomic E-state index is 13.4. The molecule has 0 fully saturated rings. The van der Waals surface area contributed by atoms with Gasteiger partial charge in [0.05, 0.1) is 0 Å². The highest BCUT2D eigenvalue weighted by atomic mass is 16.2. The molecule has 2 aromatic rings. The van der Waals surface area contributed by atoms with Crippen molar-refractivity contribution < 1.29 is 4.79 Å². The summed E-state index contributed by atoms with van der Waals surface area (Å²) < 4.78 is 2.00. The zero-order valence-electron chi connectivity index (χ0n) is 20.2. The summed E-state index contributed by atoms with van der Waals surface area (Å²) in [6.07, 6.45) is 3.20. The molecular formula is C26H38N2O2. The third kappa shape index (κ3) is 4.53. The molecule has 30 heavy (non-hydrogen) atoms. The number of anilines is 1. The first-order valence-electron chi connectivity index (χ1n) is 11.1. The van der Waals surface area contributed by atoms with Crippen LogP contribution < -0.4 is 10.7 Å². The Bertz CT molecular complexity index is 982. The Morgan fingerprint density at radius 3 is 2.00 bits per heavy atom. The maximum Gasteiger partial charge on any atom is 0.261 e. The van der Waals surface area contributed by atoms with E-state index in [2.05, 4.69) is 59.0 Å². The van der Waals surface area contributed by atoms with Gasteiger partial charge in [-0.05, 0) is 55.2 Å². The fourth-order valence-corrected chi connectivity index (χ4v) is 3.96. The van der Waals surface area contributed by atoms with E-state index in [9.17, 15) is 9.59 Å². The Hall–Kier alpha value is -2.36. The minimum Gasteiger partial charge on any atom is -0.351 e. The highest BCUT2D eigenvalue weighted by Gasteiger charge is 2.24. The lowest BCUT2D eigenvalue weighted by molar-refractivity contribution is 0.102. The van der Waals surface area contributed by atoms with Crippen LogP contribution >= 0.6 is 0 Å². The first-order chi connectivity index (χ1) is 14.0. The molecule has 0 aliphatic rings. The quantitative estimate of drug-likeness (QED) is 0.671. The van der Waals surface area contributed by atoms with Crippen molar-refractivity contribution in [3.63, 3.8) is 0 Å². The molecule has 1 amide bonds. The number of nitrogens with zero attached hydrogens (tertiary/aromatic N) is 1. The first-order valence-corrected chi connectivity index (χ1v) is 11.1. The minimum atomic E-state index is -0.296. The summed E-state index contributed by atoms with van der Waals surface area (Å²) in [6.45, 7) is 16.6. The lowest BCUT2D eigenvalue weighted by atomic mass is 9.83. The number of amides is 1. The molecular weight excluding hydrogens is 372 g/mol. The molecule has 0 saturated heterocycles. The fraction of sp³-hybridized carbons (Fsp3) is 0.538. The number of pyridine rings is 1. The van der Waals surface area contributed by atoms with Gasteiger partial charge >= 0.3 is 0 Å². The van der Waals surface area contributed by atoms with Crippen LogP contribution in [-0.2, 0) is 31.7 Å². The SMILES string of the molecule is CCCc1c(C(=O)Nc2c(CC)cc(C(C)(C)C)cc2CC)c(=O)c(C)c(C)n1C. The third-order valence-electron chi connectivity index (χ3n) is 6.19. The number of carbonyl (C=O) groups excluding carboxylic acids is 1. The molecule has 164 valence electrons. The van der Waals surface area contributed by atoms with Gasteiger partial charge in [-0.1, -0.05) is 60.1 Å². The number of aromatic nitrogens is 1. The second-order valence-corrected chi connectivity index (χ2v) is 9.25. The van der Waals surface area contributed by atoms with Crippen LogP contribution in [0.25, 0.3) is 0 Å². The highest BCUT2D eigenvalue weighted by molar-refractivity contribution is 6.06. The largest absolute Gasteiger partial charge is 0.351 e. The fourth-order valence-electron chi connectivity index (χ4n) is 3.96.